The number of thiazole rings is 1. The van der Waals surface area contributed by atoms with E-state index in [-0.39, 0.29) is 9.88 Å². The van der Waals surface area contributed by atoms with Gasteiger partial charge in [0.25, 0.3) is 5.91 Å². The van der Waals surface area contributed by atoms with Gasteiger partial charge in [0.2, 0.25) is 4.80 Å². The maximum atomic E-state index is 12.0. The molecule has 0 saturated carbocycles. The summed E-state index contributed by atoms with van der Waals surface area (Å²) < 4.78 is 2.93. The molecule has 1 amide bonds. The molecule has 9 heteroatoms. The van der Waals surface area contributed by atoms with Crippen molar-refractivity contribution in [3.05, 3.63) is 56.2 Å². The number of nitrogens with zero attached hydrogens (tertiary/aromatic N) is 3. The molecule has 7 nitrogen and oxygen atoms in total. The molecule has 112 valence electrons. The Hall–Kier alpha value is -2.52. The van der Waals surface area contributed by atoms with E-state index < -0.39 is 10.8 Å². The van der Waals surface area contributed by atoms with Crippen LogP contribution in [0.4, 0.5) is 5.00 Å². The minimum atomic E-state index is -0.523. The van der Waals surface area contributed by atoms with Crippen molar-refractivity contribution >= 4 is 43.8 Å². The lowest BCUT2D eigenvalue weighted by Crippen LogP contribution is -2.22. The van der Waals surface area contributed by atoms with Gasteiger partial charge in [0.05, 0.1) is 15.1 Å². The quantitative estimate of drug-likeness (QED) is 0.589. The highest BCUT2D eigenvalue weighted by atomic mass is 32.1. The van der Waals surface area contributed by atoms with Gasteiger partial charge in [0.1, 0.15) is 4.88 Å². The Kier molecular flexibility index (Phi) is 3.73. The third-order valence-electron chi connectivity index (χ3n) is 2.96. The number of para-hydroxylation sites is 1. The SMILES string of the molecule is Cn1/c(=N/NC(=O)c2ccc([N+](=O)[O-])s2)sc2ccccc21. The zero-order chi connectivity index (χ0) is 15.7. The molecule has 3 rings (SSSR count). The van der Waals surface area contributed by atoms with Crippen LogP contribution in [-0.4, -0.2) is 15.4 Å². The predicted molar refractivity (Wildman–Crippen MR) is 84.8 cm³/mol. The van der Waals surface area contributed by atoms with Gasteiger partial charge in [-0.15, -0.1) is 5.10 Å². The maximum Gasteiger partial charge on any atom is 0.324 e. The van der Waals surface area contributed by atoms with E-state index in [4.69, 9.17) is 0 Å². The second-order valence-corrected chi connectivity index (χ2v) is 6.43. The zero-order valence-corrected chi connectivity index (χ0v) is 13.0. The normalized spacial score (nSPS) is 11.8. The highest BCUT2D eigenvalue weighted by molar-refractivity contribution is 7.17. The molecule has 3 aromatic rings. The molecular weight excluding hydrogens is 324 g/mol. The van der Waals surface area contributed by atoms with Crippen LogP contribution in [0.15, 0.2) is 41.5 Å². The average molecular weight is 334 g/mol. The van der Waals surface area contributed by atoms with Crippen LogP contribution in [-0.2, 0) is 7.05 Å². The monoisotopic (exact) mass is 334 g/mol. The number of fused-ring (bicyclic) bond motifs is 1. The second kappa shape index (κ2) is 5.70. The molecule has 0 spiro atoms. The number of carbonyl (C=O) groups is 1. The van der Waals surface area contributed by atoms with Crippen LogP contribution >= 0.6 is 22.7 Å². The number of carbonyl (C=O) groups excluding carboxylic acids is 1. The molecule has 22 heavy (non-hydrogen) atoms. The molecule has 0 unspecified atom stereocenters. The van der Waals surface area contributed by atoms with E-state index in [9.17, 15) is 14.9 Å². The summed E-state index contributed by atoms with van der Waals surface area (Å²) in [5, 5.41) is 14.6. The van der Waals surface area contributed by atoms with Gasteiger partial charge in [0.15, 0.2) is 0 Å². The summed E-state index contributed by atoms with van der Waals surface area (Å²) in [4.78, 5) is 22.9. The molecule has 0 fully saturated rings. The Morgan fingerprint density at radius 2 is 2.05 bits per heavy atom. The summed E-state index contributed by atoms with van der Waals surface area (Å²) >= 11 is 2.27. The van der Waals surface area contributed by atoms with Crippen LogP contribution in [0.1, 0.15) is 9.67 Å². The third kappa shape index (κ3) is 2.63. The minimum absolute atomic E-state index is 0.0717. The lowest BCUT2D eigenvalue weighted by atomic mass is 10.3. The smallest absolute Gasteiger partial charge is 0.318 e. The van der Waals surface area contributed by atoms with Gasteiger partial charge in [-0.05, 0) is 18.2 Å². The van der Waals surface area contributed by atoms with Gasteiger partial charge in [-0.2, -0.15) is 0 Å². The van der Waals surface area contributed by atoms with Crippen molar-refractivity contribution in [2.45, 2.75) is 0 Å². The summed E-state index contributed by atoms with van der Waals surface area (Å²) in [6.07, 6.45) is 0. The van der Waals surface area contributed by atoms with Crippen molar-refractivity contribution in [1.82, 2.24) is 9.99 Å². The van der Waals surface area contributed by atoms with Gasteiger partial charge in [-0.25, -0.2) is 5.43 Å². The first kappa shape index (κ1) is 14.4. The Bertz CT molecular complexity index is 938. The summed E-state index contributed by atoms with van der Waals surface area (Å²) in [6.45, 7) is 0. The third-order valence-corrected chi connectivity index (χ3v) is 5.11. The number of hydrogen-bond acceptors (Lipinski definition) is 6. The number of aryl methyl sites for hydroxylation is 1. The van der Waals surface area contributed by atoms with Crippen LogP contribution < -0.4 is 10.2 Å². The molecule has 1 aromatic carbocycles. The Morgan fingerprint density at radius 3 is 2.73 bits per heavy atom. The van der Waals surface area contributed by atoms with E-state index in [0.717, 1.165) is 21.6 Å². The number of thiophene rings is 1. The summed E-state index contributed by atoms with van der Waals surface area (Å²) in [7, 11) is 1.86. The molecular formula is C13H10N4O3S2. The van der Waals surface area contributed by atoms with Crippen molar-refractivity contribution in [3.63, 3.8) is 0 Å². The number of nitrogens with one attached hydrogen (secondary N) is 1. The Labute approximate surface area is 132 Å². The number of hydrogen-bond donors (Lipinski definition) is 1. The van der Waals surface area contributed by atoms with Gasteiger partial charge in [0, 0.05) is 13.1 Å². The molecule has 0 bridgehead atoms. The Morgan fingerprint density at radius 1 is 1.27 bits per heavy atom. The van der Waals surface area contributed by atoms with Crippen molar-refractivity contribution < 1.29 is 9.72 Å². The fraction of sp³-hybridized carbons (Fsp3) is 0.0769. The first-order valence-electron chi connectivity index (χ1n) is 6.19. The molecule has 1 N–H and O–H groups in total. The zero-order valence-electron chi connectivity index (χ0n) is 11.3. The summed E-state index contributed by atoms with van der Waals surface area (Å²) in [6, 6.07) is 10.5. The predicted octanol–water partition coefficient (Wildman–Crippen LogP) is 2.46. The lowest BCUT2D eigenvalue weighted by Gasteiger charge is -1.96. The van der Waals surface area contributed by atoms with E-state index in [1.54, 1.807) is 0 Å². The highest BCUT2D eigenvalue weighted by Crippen LogP contribution is 2.23. The molecule has 0 saturated heterocycles. The number of aromatic nitrogens is 1. The van der Waals surface area contributed by atoms with Gasteiger partial charge < -0.3 is 4.57 Å². The largest absolute Gasteiger partial charge is 0.324 e. The van der Waals surface area contributed by atoms with E-state index >= 15 is 0 Å². The van der Waals surface area contributed by atoms with E-state index in [0.29, 0.717) is 4.80 Å². The average Bonchev–Trinajstić information content (AvgIpc) is 3.11. The molecule has 2 aromatic heterocycles. The van der Waals surface area contributed by atoms with Crippen molar-refractivity contribution in [2.75, 3.05) is 0 Å². The van der Waals surface area contributed by atoms with E-state index in [1.165, 1.54) is 23.5 Å². The molecule has 0 atom stereocenters. The van der Waals surface area contributed by atoms with Crippen LogP contribution in [0.3, 0.4) is 0 Å². The number of nitro groups is 1. The highest BCUT2D eigenvalue weighted by Gasteiger charge is 2.14. The van der Waals surface area contributed by atoms with Gasteiger partial charge in [-0.3, -0.25) is 14.9 Å². The topological polar surface area (TPSA) is 89.5 Å². The fourth-order valence-corrected chi connectivity index (χ4v) is 3.58. The van der Waals surface area contributed by atoms with Crippen LogP contribution in [0.2, 0.25) is 0 Å². The number of rotatable bonds is 3. The fourth-order valence-electron chi connectivity index (χ4n) is 1.89. The van der Waals surface area contributed by atoms with Gasteiger partial charge >= 0.3 is 5.00 Å². The molecule has 0 radical (unpaired) electrons. The number of benzene rings is 1. The maximum absolute atomic E-state index is 12.0. The van der Waals surface area contributed by atoms with E-state index in [1.807, 2.05) is 35.9 Å². The standard InChI is InChI=1S/C13H10N4O3S2/c1-16-8-4-2-3-5-9(8)22-13(16)15-14-12(18)10-6-7-11(21-10)17(19)20/h2-7H,1H3,(H,14,18)/b15-13-. The first-order valence-corrected chi connectivity index (χ1v) is 7.82. The lowest BCUT2D eigenvalue weighted by molar-refractivity contribution is -0.380. The molecule has 0 aliphatic heterocycles. The Balaban J connectivity index is 1.87. The van der Waals surface area contributed by atoms with Gasteiger partial charge in [-0.1, -0.05) is 34.8 Å². The minimum Gasteiger partial charge on any atom is -0.318 e. The van der Waals surface area contributed by atoms with Crippen molar-refractivity contribution in [1.29, 1.82) is 0 Å². The molecule has 0 aliphatic rings. The van der Waals surface area contributed by atoms with E-state index in [2.05, 4.69) is 10.5 Å². The van der Waals surface area contributed by atoms with Crippen LogP contribution in [0.5, 0.6) is 0 Å². The molecule has 2 heterocycles. The van der Waals surface area contributed by atoms with Crippen LogP contribution in [0.25, 0.3) is 10.2 Å². The van der Waals surface area contributed by atoms with Crippen molar-refractivity contribution in [3.8, 4) is 0 Å². The number of amides is 1. The second-order valence-electron chi connectivity index (χ2n) is 4.36. The summed E-state index contributed by atoms with van der Waals surface area (Å²) in [5.74, 6) is -0.462. The summed E-state index contributed by atoms with van der Waals surface area (Å²) in [5.41, 5.74) is 3.45. The van der Waals surface area contributed by atoms with Crippen LogP contribution in [0, 0.1) is 10.1 Å². The molecule has 0 aliphatic carbocycles. The van der Waals surface area contributed by atoms with Crippen molar-refractivity contribution in [2.24, 2.45) is 12.1 Å². The first-order chi connectivity index (χ1) is 10.6.